The summed E-state index contributed by atoms with van der Waals surface area (Å²) in [6.07, 6.45) is 2.65. The van der Waals surface area contributed by atoms with Crippen molar-refractivity contribution >= 4 is 0 Å². The van der Waals surface area contributed by atoms with Crippen molar-refractivity contribution in [3.8, 4) is 0 Å². The molecule has 3 nitrogen and oxygen atoms in total. The third kappa shape index (κ3) is 4.96. The predicted molar refractivity (Wildman–Crippen MR) is 64.2 cm³/mol. The Morgan fingerprint density at radius 1 is 1.40 bits per heavy atom. The van der Waals surface area contributed by atoms with Crippen LogP contribution >= 0.6 is 0 Å². The second kappa shape index (κ2) is 7.20. The Hall–Kier alpha value is -0.120. The molecule has 0 radical (unpaired) electrons. The molecular formula is C12H26N2O. The number of hydrogen-bond donors (Lipinski definition) is 1. The van der Waals surface area contributed by atoms with E-state index in [1.54, 1.807) is 0 Å². The Morgan fingerprint density at radius 2 is 2.07 bits per heavy atom. The summed E-state index contributed by atoms with van der Waals surface area (Å²) in [7, 11) is 2.21. The van der Waals surface area contributed by atoms with E-state index >= 15 is 0 Å². The highest BCUT2D eigenvalue weighted by Crippen LogP contribution is 2.13. The zero-order valence-corrected chi connectivity index (χ0v) is 10.5. The van der Waals surface area contributed by atoms with Crippen molar-refractivity contribution in [3.05, 3.63) is 0 Å². The summed E-state index contributed by atoms with van der Waals surface area (Å²) in [5.74, 6) is 0.875. The number of piperidine rings is 1. The molecule has 1 fully saturated rings. The van der Waals surface area contributed by atoms with Crippen LogP contribution in [0, 0.1) is 5.92 Å². The van der Waals surface area contributed by atoms with Gasteiger partial charge in [0.2, 0.25) is 0 Å². The van der Waals surface area contributed by atoms with Crippen LogP contribution in [0.15, 0.2) is 0 Å². The van der Waals surface area contributed by atoms with E-state index in [-0.39, 0.29) is 0 Å². The van der Waals surface area contributed by atoms with Gasteiger partial charge >= 0.3 is 0 Å². The van der Waals surface area contributed by atoms with E-state index in [0.29, 0.717) is 6.04 Å². The molecule has 0 spiro atoms. The van der Waals surface area contributed by atoms with Gasteiger partial charge in [0, 0.05) is 19.2 Å². The average Bonchev–Trinajstić information content (AvgIpc) is 2.27. The van der Waals surface area contributed by atoms with Gasteiger partial charge in [-0.3, -0.25) is 0 Å². The van der Waals surface area contributed by atoms with Crippen LogP contribution in [-0.2, 0) is 4.74 Å². The van der Waals surface area contributed by atoms with E-state index in [9.17, 15) is 0 Å². The fourth-order valence-corrected chi connectivity index (χ4v) is 2.07. The Bertz CT molecular complexity index is 158. The highest BCUT2D eigenvalue weighted by molar-refractivity contribution is 4.73. The molecule has 1 aliphatic rings. The molecule has 3 heteroatoms. The minimum atomic E-state index is 0.542. The maximum absolute atomic E-state index is 5.45. The number of likely N-dealkylation sites (N-methyl/N-ethyl adjacent to an activating group) is 1. The van der Waals surface area contributed by atoms with Gasteiger partial charge in [-0.1, -0.05) is 0 Å². The van der Waals surface area contributed by atoms with Crippen molar-refractivity contribution in [1.29, 1.82) is 0 Å². The van der Waals surface area contributed by atoms with Crippen LogP contribution in [0.3, 0.4) is 0 Å². The molecule has 15 heavy (non-hydrogen) atoms. The van der Waals surface area contributed by atoms with E-state index in [0.717, 1.165) is 19.1 Å². The van der Waals surface area contributed by atoms with Crippen LogP contribution in [0.4, 0.5) is 0 Å². The van der Waals surface area contributed by atoms with Gasteiger partial charge in [0.1, 0.15) is 0 Å². The predicted octanol–water partition coefficient (Wildman–Crippen LogP) is 1.34. The molecular weight excluding hydrogens is 188 g/mol. The fourth-order valence-electron chi connectivity index (χ4n) is 2.07. The fraction of sp³-hybridized carbons (Fsp3) is 1.00. The summed E-state index contributed by atoms with van der Waals surface area (Å²) in [4.78, 5) is 2.44. The molecule has 0 saturated carbocycles. The van der Waals surface area contributed by atoms with Crippen molar-refractivity contribution in [1.82, 2.24) is 10.2 Å². The Balaban J connectivity index is 2.17. The van der Waals surface area contributed by atoms with E-state index in [4.69, 9.17) is 4.74 Å². The van der Waals surface area contributed by atoms with Crippen molar-refractivity contribution in [3.63, 3.8) is 0 Å². The number of rotatable bonds is 6. The zero-order valence-electron chi connectivity index (χ0n) is 10.5. The van der Waals surface area contributed by atoms with E-state index in [1.165, 1.54) is 32.5 Å². The first-order chi connectivity index (χ1) is 7.24. The molecule has 0 aromatic rings. The molecule has 1 heterocycles. The third-order valence-electron chi connectivity index (χ3n) is 3.32. The van der Waals surface area contributed by atoms with E-state index in [1.807, 2.05) is 0 Å². The van der Waals surface area contributed by atoms with Crippen molar-refractivity contribution in [2.45, 2.75) is 32.7 Å². The summed E-state index contributed by atoms with van der Waals surface area (Å²) in [5, 5.41) is 3.41. The SMILES string of the molecule is CCOCC(C)N(C)CC1CCNCC1. The summed E-state index contributed by atoms with van der Waals surface area (Å²) >= 11 is 0. The number of nitrogens with one attached hydrogen (secondary N) is 1. The lowest BCUT2D eigenvalue weighted by atomic mass is 9.97. The normalized spacial score (nSPS) is 20.8. The van der Waals surface area contributed by atoms with Gasteiger partial charge in [0.15, 0.2) is 0 Å². The highest BCUT2D eigenvalue weighted by Gasteiger charge is 2.17. The van der Waals surface area contributed by atoms with Crippen molar-refractivity contribution in [2.75, 3.05) is 39.9 Å². The molecule has 1 unspecified atom stereocenters. The molecule has 90 valence electrons. The smallest absolute Gasteiger partial charge is 0.0618 e. The molecule has 0 bridgehead atoms. The molecule has 0 aromatic heterocycles. The monoisotopic (exact) mass is 214 g/mol. The summed E-state index contributed by atoms with van der Waals surface area (Å²) < 4.78 is 5.45. The van der Waals surface area contributed by atoms with Crippen molar-refractivity contribution in [2.24, 2.45) is 5.92 Å². The Morgan fingerprint density at radius 3 is 2.67 bits per heavy atom. The van der Waals surface area contributed by atoms with Gasteiger partial charge in [-0.2, -0.15) is 0 Å². The number of hydrogen-bond acceptors (Lipinski definition) is 3. The zero-order chi connectivity index (χ0) is 11.1. The van der Waals surface area contributed by atoms with E-state index < -0.39 is 0 Å². The quantitative estimate of drug-likeness (QED) is 0.722. The van der Waals surface area contributed by atoms with Crippen LogP contribution < -0.4 is 5.32 Å². The lowest BCUT2D eigenvalue weighted by Gasteiger charge is -2.31. The first-order valence-corrected chi connectivity index (χ1v) is 6.22. The summed E-state index contributed by atoms with van der Waals surface area (Å²) in [5.41, 5.74) is 0. The van der Waals surface area contributed by atoms with Gasteiger partial charge in [0.25, 0.3) is 0 Å². The third-order valence-corrected chi connectivity index (χ3v) is 3.32. The van der Waals surface area contributed by atoms with Gasteiger partial charge in [0.05, 0.1) is 6.61 Å². The summed E-state index contributed by atoms with van der Waals surface area (Å²) in [6, 6.07) is 0.542. The van der Waals surface area contributed by atoms with Gasteiger partial charge < -0.3 is 15.0 Å². The Kier molecular flexibility index (Phi) is 6.22. The lowest BCUT2D eigenvalue weighted by molar-refractivity contribution is 0.0756. The second-order valence-corrected chi connectivity index (χ2v) is 4.64. The number of nitrogens with zero attached hydrogens (tertiary/aromatic N) is 1. The minimum absolute atomic E-state index is 0.542. The molecule has 1 atom stereocenters. The standard InChI is InChI=1S/C12H26N2O/c1-4-15-10-11(2)14(3)9-12-5-7-13-8-6-12/h11-13H,4-10H2,1-3H3. The summed E-state index contributed by atoms with van der Waals surface area (Å²) in [6.45, 7) is 9.59. The van der Waals surface area contributed by atoms with Gasteiger partial charge in [-0.05, 0) is 52.7 Å². The van der Waals surface area contributed by atoms with Crippen molar-refractivity contribution < 1.29 is 4.74 Å². The largest absolute Gasteiger partial charge is 0.380 e. The van der Waals surface area contributed by atoms with Crippen LogP contribution in [0.5, 0.6) is 0 Å². The molecule has 1 saturated heterocycles. The molecule has 0 amide bonds. The molecule has 0 aromatic carbocycles. The maximum Gasteiger partial charge on any atom is 0.0618 e. The number of ether oxygens (including phenoxy) is 1. The van der Waals surface area contributed by atoms with Crippen LogP contribution in [0.25, 0.3) is 0 Å². The molecule has 1 N–H and O–H groups in total. The van der Waals surface area contributed by atoms with Crippen LogP contribution in [-0.4, -0.2) is 50.8 Å². The molecule has 0 aliphatic carbocycles. The highest BCUT2D eigenvalue weighted by atomic mass is 16.5. The lowest BCUT2D eigenvalue weighted by Crippen LogP contribution is -2.40. The second-order valence-electron chi connectivity index (χ2n) is 4.64. The van der Waals surface area contributed by atoms with Gasteiger partial charge in [-0.15, -0.1) is 0 Å². The maximum atomic E-state index is 5.45. The minimum Gasteiger partial charge on any atom is -0.380 e. The topological polar surface area (TPSA) is 24.5 Å². The molecule has 1 aliphatic heterocycles. The van der Waals surface area contributed by atoms with E-state index in [2.05, 4.69) is 31.1 Å². The van der Waals surface area contributed by atoms with Gasteiger partial charge in [-0.25, -0.2) is 0 Å². The van der Waals surface area contributed by atoms with Crippen LogP contribution in [0.1, 0.15) is 26.7 Å². The molecule has 1 rings (SSSR count). The average molecular weight is 214 g/mol. The first-order valence-electron chi connectivity index (χ1n) is 6.22. The Labute approximate surface area is 94.2 Å². The van der Waals surface area contributed by atoms with Crippen LogP contribution in [0.2, 0.25) is 0 Å². The first kappa shape index (κ1) is 12.9.